The lowest BCUT2D eigenvalue weighted by atomic mass is 9.92. The fraction of sp³-hybridized carbons (Fsp3) is 0. The van der Waals surface area contributed by atoms with Crippen LogP contribution in [0.1, 0.15) is 0 Å². The van der Waals surface area contributed by atoms with Crippen LogP contribution in [0.2, 0.25) is 0 Å². The highest BCUT2D eigenvalue weighted by Crippen LogP contribution is 2.43. The zero-order valence-electron chi connectivity index (χ0n) is 27.2. The largest absolute Gasteiger partial charge is 0.453 e. The molecule has 9 aromatic carbocycles. The molecule has 2 heteroatoms. The molecule has 2 nitrogen and oxygen atoms in total. The monoisotopic (exact) mass is 637 g/mol. The number of rotatable bonds is 5. The first-order chi connectivity index (χ1) is 24.8. The predicted octanol–water partition coefficient (Wildman–Crippen LogP) is 13.8. The maximum Gasteiger partial charge on any atom is 0.159 e. The highest BCUT2D eigenvalue weighted by Gasteiger charge is 2.18. The van der Waals surface area contributed by atoms with Crippen LogP contribution in [0.25, 0.3) is 87.6 Å². The van der Waals surface area contributed by atoms with E-state index in [4.69, 9.17) is 4.42 Å². The summed E-state index contributed by atoms with van der Waals surface area (Å²) in [4.78, 5) is 0. The summed E-state index contributed by atoms with van der Waals surface area (Å²) in [6, 6.07) is 65.0. The van der Waals surface area contributed by atoms with Gasteiger partial charge in [-0.3, -0.25) is 0 Å². The van der Waals surface area contributed by atoms with E-state index in [2.05, 4.69) is 181 Å². The van der Waals surface area contributed by atoms with E-state index in [1.54, 1.807) is 0 Å². The Morgan fingerprint density at radius 2 is 0.920 bits per heavy atom. The molecule has 0 aliphatic rings. The lowest BCUT2D eigenvalue weighted by molar-refractivity contribution is 0.671. The van der Waals surface area contributed by atoms with Gasteiger partial charge in [-0.15, -0.1) is 0 Å². The van der Waals surface area contributed by atoms with E-state index in [0.717, 1.165) is 44.4 Å². The van der Waals surface area contributed by atoms with Gasteiger partial charge in [0.25, 0.3) is 0 Å². The lowest BCUT2D eigenvalue weighted by Crippen LogP contribution is -1.92. The summed E-state index contributed by atoms with van der Waals surface area (Å²) in [5.74, 6) is 0. The van der Waals surface area contributed by atoms with E-state index in [9.17, 15) is 0 Å². The average Bonchev–Trinajstić information content (AvgIpc) is 3.59. The third-order valence-electron chi connectivity index (χ3n) is 10.0. The second kappa shape index (κ2) is 11.5. The van der Waals surface area contributed by atoms with Crippen molar-refractivity contribution >= 4 is 65.6 Å². The van der Waals surface area contributed by atoms with E-state index >= 15 is 0 Å². The number of anilines is 2. The fourth-order valence-electron chi connectivity index (χ4n) is 7.64. The second-order valence-electron chi connectivity index (χ2n) is 13.0. The van der Waals surface area contributed by atoms with Crippen molar-refractivity contribution in [2.24, 2.45) is 0 Å². The molecular formula is C48H31NO. The van der Waals surface area contributed by atoms with Gasteiger partial charge in [0.1, 0.15) is 5.58 Å². The minimum absolute atomic E-state index is 0.862. The third-order valence-corrected chi connectivity index (χ3v) is 10.0. The normalized spacial score (nSPS) is 11.6. The van der Waals surface area contributed by atoms with Crippen molar-refractivity contribution in [1.29, 1.82) is 0 Å². The zero-order valence-corrected chi connectivity index (χ0v) is 27.2. The van der Waals surface area contributed by atoms with Crippen molar-refractivity contribution in [1.82, 2.24) is 0 Å². The van der Waals surface area contributed by atoms with Gasteiger partial charge in [0.15, 0.2) is 5.58 Å². The molecule has 0 radical (unpaired) electrons. The molecule has 1 aromatic heterocycles. The van der Waals surface area contributed by atoms with E-state index in [-0.39, 0.29) is 0 Å². The van der Waals surface area contributed by atoms with Crippen LogP contribution >= 0.6 is 0 Å². The molecule has 1 heterocycles. The Morgan fingerprint density at radius 1 is 0.340 bits per heavy atom. The van der Waals surface area contributed by atoms with E-state index in [1.165, 1.54) is 54.6 Å². The molecule has 0 saturated carbocycles. The van der Waals surface area contributed by atoms with E-state index in [1.807, 2.05) is 6.07 Å². The Bertz CT molecular complexity index is 2880. The molecule has 0 fully saturated rings. The Labute approximate surface area is 289 Å². The summed E-state index contributed by atoms with van der Waals surface area (Å²) < 4.78 is 6.80. The number of furan rings is 1. The Hall–Kier alpha value is -6.64. The summed E-state index contributed by atoms with van der Waals surface area (Å²) in [5.41, 5.74) is 10.8. The number of para-hydroxylation sites is 1. The van der Waals surface area contributed by atoms with Gasteiger partial charge < -0.3 is 9.73 Å². The van der Waals surface area contributed by atoms with E-state index in [0.29, 0.717) is 0 Å². The SMILES string of the molecule is c1ccc(-c2cccc3c2oc2c(Nc4ccc(-c5cccc6c(-c7ccc8ccccc8c7)cccc56)cc4)cc4ccccc4c23)cc1. The molecule has 234 valence electrons. The number of nitrogens with one attached hydrogen (secondary N) is 1. The summed E-state index contributed by atoms with van der Waals surface area (Å²) in [6.07, 6.45) is 0. The van der Waals surface area contributed by atoms with Gasteiger partial charge in [-0.05, 0) is 84.4 Å². The standard InChI is InChI=1S/C48H31NO/c1-2-12-32(13-3-1)41-19-10-22-44-46-40-16-7-6-15-35(40)30-45(48(46)50-47(41)44)49-37-27-25-33(26-28-37)38-17-8-21-43-39(18-9-20-42(38)43)36-24-23-31-11-4-5-14-34(31)29-36/h1-30,49H. The fourth-order valence-corrected chi connectivity index (χ4v) is 7.64. The maximum absolute atomic E-state index is 6.80. The van der Waals surface area contributed by atoms with Crippen LogP contribution in [-0.2, 0) is 0 Å². The van der Waals surface area contributed by atoms with Gasteiger partial charge >= 0.3 is 0 Å². The molecule has 0 spiro atoms. The molecule has 0 unspecified atom stereocenters. The van der Waals surface area contributed by atoms with Crippen LogP contribution in [0.15, 0.2) is 186 Å². The maximum atomic E-state index is 6.80. The van der Waals surface area contributed by atoms with Crippen LogP contribution in [-0.4, -0.2) is 0 Å². The molecule has 0 amide bonds. The number of fused-ring (bicyclic) bond motifs is 7. The Kier molecular flexibility index (Phi) is 6.53. The molecule has 1 N–H and O–H groups in total. The smallest absolute Gasteiger partial charge is 0.159 e. The summed E-state index contributed by atoms with van der Waals surface area (Å²) in [6.45, 7) is 0. The highest BCUT2D eigenvalue weighted by molar-refractivity contribution is 6.24. The zero-order chi connectivity index (χ0) is 33.0. The van der Waals surface area contributed by atoms with Crippen molar-refractivity contribution in [3.8, 4) is 33.4 Å². The molecule has 10 aromatic rings. The molecule has 0 atom stereocenters. The van der Waals surface area contributed by atoms with E-state index < -0.39 is 0 Å². The minimum atomic E-state index is 0.862. The number of hydrogen-bond donors (Lipinski definition) is 1. The van der Waals surface area contributed by atoms with Gasteiger partial charge in [0.2, 0.25) is 0 Å². The molecular weight excluding hydrogens is 607 g/mol. The van der Waals surface area contributed by atoms with Crippen molar-refractivity contribution in [3.05, 3.63) is 182 Å². The van der Waals surface area contributed by atoms with Crippen molar-refractivity contribution in [2.45, 2.75) is 0 Å². The van der Waals surface area contributed by atoms with Gasteiger partial charge in [-0.2, -0.15) is 0 Å². The first kappa shape index (κ1) is 28.4. The van der Waals surface area contributed by atoms with Crippen molar-refractivity contribution in [2.75, 3.05) is 5.32 Å². The summed E-state index contributed by atoms with van der Waals surface area (Å²) in [5, 5.41) is 13.3. The van der Waals surface area contributed by atoms with Gasteiger partial charge in [-0.25, -0.2) is 0 Å². The summed E-state index contributed by atoms with van der Waals surface area (Å²) >= 11 is 0. The third kappa shape index (κ3) is 4.65. The lowest BCUT2D eigenvalue weighted by Gasteiger charge is -2.13. The Morgan fingerprint density at radius 3 is 1.70 bits per heavy atom. The molecule has 0 aliphatic carbocycles. The van der Waals surface area contributed by atoms with Crippen LogP contribution in [0.4, 0.5) is 11.4 Å². The summed E-state index contributed by atoms with van der Waals surface area (Å²) in [7, 11) is 0. The quantitative estimate of drug-likeness (QED) is 0.203. The Balaban J connectivity index is 1.05. The van der Waals surface area contributed by atoms with Crippen LogP contribution in [0.5, 0.6) is 0 Å². The number of hydrogen-bond acceptors (Lipinski definition) is 2. The molecule has 0 saturated heterocycles. The molecule has 0 aliphatic heterocycles. The predicted molar refractivity (Wildman–Crippen MR) is 212 cm³/mol. The topological polar surface area (TPSA) is 25.2 Å². The highest BCUT2D eigenvalue weighted by atomic mass is 16.3. The first-order valence-corrected chi connectivity index (χ1v) is 17.1. The van der Waals surface area contributed by atoms with Crippen LogP contribution in [0, 0.1) is 0 Å². The average molecular weight is 638 g/mol. The van der Waals surface area contributed by atoms with Crippen LogP contribution in [0.3, 0.4) is 0 Å². The molecule has 50 heavy (non-hydrogen) atoms. The van der Waals surface area contributed by atoms with Crippen molar-refractivity contribution in [3.63, 3.8) is 0 Å². The van der Waals surface area contributed by atoms with Gasteiger partial charge in [0, 0.05) is 22.0 Å². The van der Waals surface area contributed by atoms with Gasteiger partial charge in [0.05, 0.1) is 5.69 Å². The molecule has 10 rings (SSSR count). The van der Waals surface area contributed by atoms with Crippen LogP contribution < -0.4 is 5.32 Å². The van der Waals surface area contributed by atoms with Crippen molar-refractivity contribution < 1.29 is 4.42 Å². The first-order valence-electron chi connectivity index (χ1n) is 17.1. The molecule has 0 bridgehead atoms. The van der Waals surface area contributed by atoms with Gasteiger partial charge in [-0.1, -0.05) is 158 Å². The second-order valence-corrected chi connectivity index (χ2v) is 13.0. The number of benzene rings is 9. The minimum Gasteiger partial charge on any atom is -0.453 e.